The zero-order valence-electron chi connectivity index (χ0n) is 19.7. The lowest BCUT2D eigenvalue weighted by Crippen LogP contribution is -2.39. The number of hydrogen-bond donors (Lipinski definition) is 1. The normalized spacial score (nSPS) is 11.5. The Balaban J connectivity index is 1.54. The number of amides is 2. The number of nitrogens with one attached hydrogen (secondary N) is 1. The molecule has 4 aromatic rings. The van der Waals surface area contributed by atoms with Crippen molar-refractivity contribution < 1.29 is 9.59 Å². The molecule has 2 amide bonds. The molecule has 1 unspecified atom stereocenters. The van der Waals surface area contributed by atoms with Crippen LogP contribution >= 0.6 is 0 Å². The molecule has 0 bridgehead atoms. The minimum Gasteiger partial charge on any atom is -0.351 e. The summed E-state index contributed by atoms with van der Waals surface area (Å²) >= 11 is 0. The second-order valence-electron chi connectivity index (χ2n) is 8.26. The van der Waals surface area contributed by atoms with Crippen molar-refractivity contribution in [3.63, 3.8) is 0 Å². The monoisotopic (exact) mass is 452 g/mol. The molecule has 34 heavy (non-hydrogen) atoms. The molecule has 0 saturated carbocycles. The quantitative estimate of drug-likeness (QED) is 0.452. The molecule has 2 aromatic carbocycles. The van der Waals surface area contributed by atoms with E-state index in [-0.39, 0.29) is 17.9 Å². The van der Waals surface area contributed by atoms with E-state index in [0.717, 1.165) is 16.5 Å². The molecule has 0 spiro atoms. The Hall–Kier alpha value is -4.24. The van der Waals surface area contributed by atoms with Crippen molar-refractivity contribution in [3.05, 3.63) is 95.9 Å². The van der Waals surface area contributed by atoms with Crippen molar-refractivity contribution in [3.8, 4) is 11.8 Å². The van der Waals surface area contributed by atoms with Crippen molar-refractivity contribution in [2.75, 3.05) is 13.6 Å². The van der Waals surface area contributed by atoms with Gasteiger partial charge in [-0.2, -0.15) is 0 Å². The summed E-state index contributed by atoms with van der Waals surface area (Å²) in [5.74, 6) is 6.17. The lowest BCUT2D eigenvalue weighted by molar-refractivity contribution is 0.0751. The molecule has 6 heteroatoms. The van der Waals surface area contributed by atoms with Crippen molar-refractivity contribution in [2.45, 2.75) is 12.5 Å². The van der Waals surface area contributed by atoms with Gasteiger partial charge >= 0.3 is 0 Å². The molecule has 6 nitrogen and oxygen atoms in total. The first-order valence-corrected chi connectivity index (χ1v) is 11.2. The molecule has 2 heterocycles. The molecular formula is C28H28N4O2. The van der Waals surface area contributed by atoms with E-state index in [1.54, 1.807) is 22.6 Å². The van der Waals surface area contributed by atoms with E-state index >= 15 is 0 Å². The van der Waals surface area contributed by atoms with E-state index in [0.29, 0.717) is 24.4 Å². The van der Waals surface area contributed by atoms with Gasteiger partial charge in [0.05, 0.1) is 6.04 Å². The third-order valence-corrected chi connectivity index (χ3v) is 6.00. The van der Waals surface area contributed by atoms with Gasteiger partial charge in [-0.1, -0.05) is 48.2 Å². The van der Waals surface area contributed by atoms with Gasteiger partial charge in [-0.3, -0.25) is 9.59 Å². The van der Waals surface area contributed by atoms with Gasteiger partial charge in [-0.25, -0.2) is 0 Å². The van der Waals surface area contributed by atoms with Gasteiger partial charge < -0.3 is 19.4 Å². The van der Waals surface area contributed by atoms with Crippen LogP contribution in [-0.4, -0.2) is 45.5 Å². The predicted octanol–water partition coefficient (Wildman–Crippen LogP) is 3.83. The summed E-state index contributed by atoms with van der Waals surface area (Å²) < 4.78 is 3.69. The third-order valence-electron chi connectivity index (χ3n) is 6.00. The number of fused-ring (bicyclic) bond motifs is 1. The van der Waals surface area contributed by atoms with Crippen molar-refractivity contribution in [2.24, 2.45) is 14.1 Å². The highest BCUT2D eigenvalue weighted by Gasteiger charge is 2.23. The summed E-state index contributed by atoms with van der Waals surface area (Å²) in [6.07, 6.45) is 2.33. The van der Waals surface area contributed by atoms with Crippen LogP contribution in [0.15, 0.2) is 79.0 Å². The van der Waals surface area contributed by atoms with Gasteiger partial charge in [0.15, 0.2) is 0 Å². The number of carbonyl (C=O) groups is 2. The zero-order chi connectivity index (χ0) is 24.1. The lowest BCUT2D eigenvalue weighted by atomic mass is 10.1. The Labute approximate surface area is 199 Å². The molecule has 2 aromatic heterocycles. The van der Waals surface area contributed by atoms with E-state index in [1.807, 2.05) is 91.6 Å². The predicted molar refractivity (Wildman–Crippen MR) is 134 cm³/mol. The van der Waals surface area contributed by atoms with Gasteiger partial charge in [0.2, 0.25) is 0 Å². The van der Waals surface area contributed by atoms with E-state index in [9.17, 15) is 9.59 Å². The van der Waals surface area contributed by atoms with Crippen LogP contribution in [0.25, 0.3) is 10.9 Å². The van der Waals surface area contributed by atoms with Crippen molar-refractivity contribution in [1.82, 2.24) is 19.4 Å². The minimum atomic E-state index is -0.376. The first-order valence-electron chi connectivity index (χ1n) is 11.2. The van der Waals surface area contributed by atoms with Crippen LogP contribution in [0, 0.1) is 11.8 Å². The molecule has 172 valence electrons. The van der Waals surface area contributed by atoms with Crippen LogP contribution in [0.2, 0.25) is 0 Å². The topological polar surface area (TPSA) is 59.3 Å². The number of benzene rings is 2. The second-order valence-corrected chi connectivity index (χ2v) is 8.26. The molecule has 4 rings (SSSR count). The molecule has 0 saturated heterocycles. The fourth-order valence-corrected chi connectivity index (χ4v) is 3.98. The second kappa shape index (κ2) is 10.1. The van der Waals surface area contributed by atoms with E-state index < -0.39 is 0 Å². The van der Waals surface area contributed by atoms with Crippen LogP contribution in [-0.2, 0) is 14.1 Å². The molecule has 1 N–H and O–H groups in total. The minimum absolute atomic E-state index is 0.111. The smallest absolute Gasteiger partial charge is 0.271 e. The van der Waals surface area contributed by atoms with E-state index in [1.165, 1.54) is 0 Å². The standard InChI is InChI=1S/C28H28N4O2/c1-30-19-9-14-25(30)27(33)29-18-17-23(16-15-21-10-5-4-6-11-21)31(2)28(34)26-20-22-12-7-8-13-24(22)32(26)3/h4-14,19-20,23H,17-18H2,1-3H3,(H,29,33). The fourth-order valence-electron chi connectivity index (χ4n) is 3.98. The van der Waals surface area contributed by atoms with Crippen LogP contribution in [0.1, 0.15) is 33.0 Å². The van der Waals surface area contributed by atoms with Crippen LogP contribution in [0.3, 0.4) is 0 Å². The molecule has 0 aliphatic heterocycles. The Bertz CT molecular complexity index is 1370. The average Bonchev–Trinajstić information content (AvgIpc) is 3.44. The molecule has 0 radical (unpaired) electrons. The molecular weight excluding hydrogens is 424 g/mol. The number of hydrogen-bond acceptors (Lipinski definition) is 2. The number of carbonyl (C=O) groups excluding carboxylic acids is 2. The Morgan fingerprint density at radius 1 is 0.971 bits per heavy atom. The SMILES string of the molecule is CN(C(=O)c1cc2ccccc2n1C)C(C#Cc1ccccc1)CCNC(=O)c1cccn1C. The lowest BCUT2D eigenvalue weighted by Gasteiger charge is -2.24. The van der Waals surface area contributed by atoms with Crippen molar-refractivity contribution in [1.29, 1.82) is 0 Å². The highest BCUT2D eigenvalue weighted by molar-refractivity contribution is 5.99. The summed E-state index contributed by atoms with van der Waals surface area (Å²) in [5.41, 5.74) is 3.07. The molecule has 0 aliphatic carbocycles. The largest absolute Gasteiger partial charge is 0.351 e. The maximum absolute atomic E-state index is 13.5. The highest BCUT2D eigenvalue weighted by Crippen LogP contribution is 2.20. The fraction of sp³-hybridized carbons (Fsp3) is 0.214. The number of aromatic nitrogens is 2. The average molecular weight is 453 g/mol. The summed E-state index contributed by atoms with van der Waals surface area (Å²) in [7, 11) is 5.50. The first kappa shape index (κ1) is 22.9. The number of aryl methyl sites for hydroxylation is 2. The molecule has 1 atom stereocenters. The molecule has 0 fully saturated rings. The zero-order valence-corrected chi connectivity index (χ0v) is 19.7. The van der Waals surface area contributed by atoms with E-state index in [4.69, 9.17) is 0 Å². The maximum atomic E-state index is 13.5. The van der Waals surface area contributed by atoms with Gasteiger partial charge in [0, 0.05) is 50.4 Å². The summed E-state index contributed by atoms with van der Waals surface area (Å²) in [4.78, 5) is 27.6. The summed E-state index contributed by atoms with van der Waals surface area (Å²) in [6.45, 7) is 0.394. The van der Waals surface area contributed by atoms with Crippen molar-refractivity contribution >= 4 is 22.7 Å². The Morgan fingerprint density at radius 2 is 1.71 bits per heavy atom. The van der Waals surface area contributed by atoms with Gasteiger partial charge in [0.25, 0.3) is 11.8 Å². The van der Waals surface area contributed by atoms with E-state index in [2.05, 4.69) is 17.2 Å². The Kier molecular flexibility index (Phi) is 6.84. The summed E-state index contributed by atoms with van der Waals surface area (Å²) in [6, 6.07) is 22.7. The van der Waals surface area contributed by atoms with Gasteiger partial charge in [-0.05, 0) is 42.8 Å². The third kappa shape index (κ3) is 4.89. The van der Waals surface area contributed by atoms with Gasteiger partial charge in [0.1, 0.15) is 11.4 Å². The molecule has 0 aliphatic rings. The first-order chi connectivity index (χ1) is 16.5. The van der Waals surface area contributed by atoms with Crippen LogP contribution in [0.4, 0.5) is 0 Å². The number of para-hydroxylation sites is 1. The number of rotatable bonds is 6. The highest BCUT2D eigenvalue weighted by atomic mass is 16.2. The van der Waals surface area contributed by atoms with Crippen LogP contribution in [0.5, 0.6) is 0 Å². The maximum Gasteiger partial charge on any atom is 0.271 e. The van der Waals surface area contributed by atoms with Crippen LogP contribution < -0.4 is 5.32 Å². The number of nitrogens with zero attached hydrogens (tertiary/aromatic N) is 3. The Morgan fingerprint density at radius 3 is 2.41 bits per heavy atom. The summed E-state index contributed by atoms with van der Waals surface area (Å²) in [5, 5.41) is 3.97. The van der Waals surface area contributed by atoms with Gasteiger partial charge in [-0.15, -0.1) is 0 Å².